The summed E-state index contributed by atoms with van der Waals surface area (Å²) in [5.41, 5.74) is 1.05. The Hall–Kier alpha value is -2.35. The maximum absolute atomic E-state index is 11.9. The Morgan fingerprint density at radius 2 is 2.12 bits per heavy atom. The number of carbonyl (C=O) groups is 3. The molecule has 24 heavy (non-hydrogen) atoms. The van der Waals surface area contributed by atoms with Crippen LogP contribution in [0.5, 0.6) is 5.75 Å². The zero-order valence-corrected chi connectivity index (χ0v) is 14.8. The molecule has 1 saturated heterocycles. The number of ether oxygens (including phenoxy) is 1. The Morgan fingerprint density at radius 3 is 2.71 bits per heavy atom. The number of amides is 3. The van der Waals surface area contributed by atoms with Gasteiger partial charge in [0.2, 0.25) is 5.91 Å². The molecule has 1 fully saturated rings. The number of rotatable bonds is 5. The first-order chi connectivity index (χ1) is 11.4. The van der Waals surface area contributed by atoms with Gasteiger partial charge in [0.05, 0.1) is 12.8 Å². The SMILES string of the molecule is C=C(Br)CNC(=O)C(=O)Nc1ccc(N2CCCC2=O)c(OC)c1. The number of methoxy groups -OCH3 is 1. The average molecular weight is 396 g/mol. The van der Waals surface area contributed by atoms with E-state index in [1.165, 1.54) is 7.11 Å². The lowest BCUT2D eigenvalue weighted by molar-refractivity contribution is -0.136. The molecule has 1 aromatic rings. The van der Waals surface area contributed by atoms with Crippen LogP contribution in [-0.2, 0) is 14.4 Å². The molecule has 128 valence electrons. The fraction of sp³-hybridized carbons (Fsp3) is 0.312. The second kappa shape index (κ2) is 7.96. The number of anilines is 2. The normalized spacial score (nSPS) is 13.6. The van der Waals surface area contributed by atoms with Gasteiger partial charge >= 0.3 is 11.8 Å². The van der Waals surface area contributed by atoms with E-state index in [9.17, 15) is 14.4 Å². The molecule has 3 amide bonds. The Labute approximate surface area is 148 Å². The van der Waals surface area contributed by atoms with Gasteiger partial charge in [0.25, 0.3) is 0 Å². The Morgan fingerprint density at radius 1 is 1.38 bits per heavy atom. The summed E-state index contributed by atoms with van der Waals surface area (Å²) in [5, 5.41) is 4.90. The van der Waals surface area contributed by atoms with Crippen molar-refractivity contribution >= 4 is 45.0 Å². The van der Waals surface area contributed by atoms with Crippen LogP contribution in [0.2, 0.25) is 0 Å². The van der Waals surface area contributed by atoms with Crippen LogP contribution >= 0.6 is 15.9 Å². The van der Waals surface area contributed by atoms with E-state index in [2.05, 4.69) is 33.1 Å². The first kappa shape index (κ1) is 18.0. The second-order valence-corrected chi connectivity index (χ2v) is 6.31. The molecule has 0 aromatic heterocycles. The molecule has 0 radical (unpaired) electrons. The van der Waals surface area contributed by atoms with Gasteiger partial charge in [-0.05, 0) is 18.6 Å². The van der Waals surface area contributed by atoms with Crippen LogP contribution in [0.15, 0.2) is 29.3 Å². The minimum Gasteiger partial charge on any atom is -0.494 e. The fourth-order valence-corrected chi connectivity index (χ4v) is 2.47. The number of hydrogen-bond acceptors (Lipinski definition) is 4. The van der Waals surface area contributed by atoms with Crippen LogP contribution in [0.1, 0.15) is 12.8 Å². The van der Waals surface area contributed by atoms with E-state index in [1.807, 2.05) is 0 Å². The van der Waals surface area contributed by atoms with Gasteiger partial charge < -0.3 is 20.3 Å². The van der Waals surface area contributed by atoms with Crippen molar-refractivity contribution in [2.24, 2.45) is 0 Å². The molecule has 1 aliphatic heterocycles. The number of carbonyl (C=O) groups excluding carboxylic acids is 3. The Bertz CT molecular complexity index is 690. The van der Waals surface area contributed by atoms with Gasteiger partial charge in [-0.1, -0.05) is 22.5 Å². The van der Waals surface area contributed by atoms with Gasteiger partial charge in [0.15, 0.2) is 0 Å². The third-order valence-electron chi connectivity index (χ3n) is 3.45. The van der Waals surface area contributed by atoms with E-state index in [0.717, 1.165) is 6.42 Å². The predicted molar refractivity (Wildman–Crippen MR) is 94.3 cm³/mol. The molecule has 0 atom stereocenters. The maximum Gasteiger partial charge on any atom is 0.313 e. The van der Waals surface area contributed by atoms with Crippen molar-refractivity contribution in [3.63, 3.8) is 0 Å². The monoisotopic (exact) mass is 395 g/mol. The highest BCUT2D eigenvalue weighted by molar-refractivity contribution is 9.11. The Balaban J connectivity index is 2.09. The van der Waals surface area contributed by atoms with E-state index in [0.29, 0.717) is 34.6 Å². The molecule has 0 saturated carbocycles. The summed E-state index contributed by atoms with van der Waals surface area (Å²) < 4.78 is 5.86. The summed E-state index contributed by atoms with van der Waals surface area (Å²) in [6, 6.07) is 4.89. The van der Waals surface area contributed by atoms with Crippen molar-refractivity contribution < 1.29 is 19.1 Å². The number of benzene rings is 1. The van der Waals surface area contributed by atoms with Gasteiger partial charge in [0.1, 0.15) is 5.75 Å². The highest BCUT2D eigenvalue weighted by Gasteiger charge is 2.24. The van der Waals surface area contributed by atoms with E-state index >= 15 is 0 Å². The molecular weight excluding hydrogens is 378 g/mol. The zero-order valence-electron chi connectivity index (χ0n) is 13.2. The highest BCUT2D eigenvalue weighted by Crippen LogP contribution is 2.33. The van der Waals surface area contributed by atoms with Crippen LogP contribution < -0.4 is 20.3 Å². The molecule has 0 spiro atoms. The number of halogens is 1. The fourth-order valence-electron chi connectivity index (χ4n) is 2.33. The largest absolute Gasteiger partial charge is 0.494 e. The van der Waals surface area contributed by atoms with Crippen molar-refractivity contribution in [1.29, 1.82) is 0 Å². The highest BCUT2D eigenvalue weighted by atomic mass is 79.9. The van der Waals surface area contributed by atoms with E-state index < -0.39 is 11.8 Å². The smallest absolute Gasteiger partial charge is 0.313 e. The molecule has 1 aliphatic rings. The molecular formula is C16H18BrN3O4. The lowest BCUT2D eigenvalue weighted by atomic mass is 10.2. The number of nitrogens with one attached hydrogen (secondary N) is 2. The molecule has 2 rings (SSSR count). The average Bonchev–Trinajstić information content (AvgIpc) is 2.98. The molecule has 1 heterocycles. The lowest BCUT2D eigenvalue weighted by Gasteiger charge is -2.19. The molecule has 0 bridgehead atoms. The summed E-state index contributed by atoms with van der Waals surface area (Å²) in [7, 11) is 1.49. The standard InChI is InChI=1S/C16H18BrN3O4/c1-10(17)9-18-15(22)16(23)19-11-5-6-12(13(8-11)24-2)20-7-3-4-14(20)21/h5-6,8H,1,3-4,7,9H2,2H3,(H,18,22)(H,19,23). The van der Waals surface area contributed by atoms with E-state index in [1.54, 1.807) is 23.1 Å². The van der Waals surface area contributed by atoms with Gasteiger partial charge in [-0.3, -0.25) is 14.4 Å². The van der Waals surface area contributed by atoms with E-state index in [4.69, 9.17) is 4.74 Å². The Kier molecular flexibility index (Phi) is 5.97. The topological polar surface area (TPSA) is 87.7 Å². The zero-order chi connectivity index (χ0) is 17.7. The van der Waals surface area contributed by atoms with Crippen LogP contribution in [-0.4, -0.2) is 37.9 Å². The molecule has 7 nitrogen and oxygen atoms in total. The summed E-state index contributed by atoms with van der Waals surface area (Å²) in [4.78, 5) is 37.0. The quantitative estimate of drug-likeness (QED) is 0.743. The molecule has 2 N–H and O–H groups in total. The second-order valence-electron chi connectivity index (χ2n) is 5.19. The van der Waals surface area contributed by atoms with Gasteiger partial charge in [-0.2, -0.15) is 0 Å². The number of hydrogen-bond donors (Lipinski definition) is 2. The predicted octanol–water partition coefficient (Wildman–Crippen LogP) is 1.79. The van der Waals surface area contributed by atoms with Crippen molar-refractivity contribution in [3.8, 4) is 5.75 Å². The number of nitrogens with zero attached hydrogens (tertiary/aromatic N) is 1. The third-order valence-corrected chi connectivity index (χ3v) is 3.73. The molecule has 0 unspecified atom stereocenters. The first-order valence-corrected chi connectivity index (χ1v) is 8.12. The summed E-state index contributed by atoms with van der Waals surface area (Å²) in [5.74, 6) is -1.07. The van der Waals surface area contributed by atoms with Gasteiger partial charge in [0, 0.05) is 35.7 Å². The van der Waals surface area contributed by atoms with Gasteiger partial charge in [-0.25, -0.2) is 0 Å². The van der Waals surface area contributed by atoms with Crippen molar-refractivity contribution in [2.45, 2.75) is 12.8 Å². The summed E-state index contributed by atoms with van der Waals surface area (Å²) >= 11 is 3.09. The third kappa shape index (κ3) is 4.35. The van der Waals surface area contributed by atoms with Crippen molar-refractivity contribution in [1.82, 2.24) is 5.32 Å². The minimum absolute atomic E-state index is 0.0412. The van der Waals surface area contributed by atoms with Crippen molar-refractivity contribution in [2.75, 3.05) is 30.4 Å². The van der Waals surface area contributed by atoms with Crippen LogP contribution in [0.4, 0.5) is 11.4 Å². The molecule has 8 heteroatoms. The van der Waals surface area contributed by atoms with Crippen molar-refractivity contribution in [3.05, 3.63) is 29.3 Å². The van der Waals surface area contributed by atoms with Crippen LogP contribution in [0.3, 0.4) is 0 Å². The maximum atomic E-state index is 11.9. The van der Waals surface area contributed by atoms with Crippen LogP contribution in [0, 0.1) is 0 Å². The lowest BCUT2D eigenvalue weighted by Crippen LogP contribution is -2.35. The van der Waals surface area contributed by atoms with Crippen LogP contribution in [0.25, 0.3) is 0 Å². The molecule has 0 aliphatic carbocycles. The van der Waals surface area contributed by atoms with Gasteiger partial charge in [-0.15, -0.1) is 0 Å². The molecule has 1 aromatic carbocycles. The summed E-state index contributed by atoms with van der Waals surface area (Å²) in [6.07, 6.45) is 1.32. The first-order valence-electron chi connectivity index (χ1n) is 7.33. The summed E-state index contributed by atoms with van der Waals surface area (Å²) in [6.45, 7) is 4.37. The van der Waals surface area contributed by atoms with E-state index in [-0.39, 0.29) is 12.5 Å². The minimum atomic E-state index is -0.796.